The van der Waals surface area contributed by atoms with Crippen LogP contribution in [0.3, 0.4) is 0 Å². The van der Waals surface area contributed by atoms with Crippen molar-refractivity contribution in [1.29, 1.82) is 0 Å². The number of anilines is 1. The number of hydrogen-bond acceptors (Lipinski definition) is 5. The van der Waals surface area contributed by atoms with Crippen LogP contribution in [0, 0.1) is 5.82 Å². The van der Waals surface area contributed by atoms with Crippen molar-refractivity contribution in [3.05, 3.63) is 42.2 Å². The molecule has 0 atom stereocenters. The lowest BCUT2D eigenvalue weighted by Crippen LogP contribution is -1.96. The summed E-state index contributed by atoms with van der Waals surface area (Å²) >= 11 is 1.21. The van der Waals surface area contributed by atoms with Crippen molar-refractivity contribution < 1.29 is 12.8 Å². The van der Waals surface area contributed by atoms with Crippen molar-refractivity contribution in [3.8, 4) is 11.1 Å². The smallest absolute Gasteiger partial charge is 0.181 e. The van der Waals surface area contributed by atoms with Crippen molar-refractivity contribution in [2.75, 3.05) is 12.0 Å². The van der Waals surface area contributed by atoms with Gasteiger partial charge in [-0.05, 0) is 29.8 Å². The second-order valence-electron chi connectivity index (χ2n) is 4.65. The predicted molar refractivity (Wildman–Crippen MR) is 82.5 cm³/mol. The van der Waals surface area contributed by atoms with Crippen molar-refractivity contribution >= 4 is 36.5 Å². The average molecular weight is 322 g/mol. The van der Waals surface area contributed by atoms with E-state index in [4.69, 9.17) is 5.73 Å². The summed E-state index contributed by atoms with van der Waals surface area (Å²) in [5.74, 6) is -0.381. The van der Waals surface area contributed by atoms with Gasteiger partial charge in [-0.3, -0.25) is 0 Å². The van der Waals surface area contributed by atoms with Gasteiger partial charge in [-0.2, -0.15) is 0 Å². The molecule has 0 saturated heterocycles. The highest BCUT2D eigenvalue weighted by Gasteiger charge is 2.12. The van der Waals surface area contributed by atoms with Gasteiger partial charge >= 0.3 is 0 Å². The van der Waals surface area contributed by atoms with E-state index in [2.05, 4.69) is 4.98 Å². The van der Waals surface area contributed by atoms with E-state index in [1.54, 1.807) is 12.1 Å². The fourth-order valence-electron chi connectivity index (χ4n) is 2.11. The molecule has 1 aromatic heterocycles. The summed E-state index contributed by atoms with van der Waals surface area (Å²) in [4.78, 5) is 4.43. The maximum absolute atomic E-state index is 13.7. The quantitative estimate of drug-likeness (QED) is 0.787. The van der Waals surface area contributed by atoms with Gasteiger partial charge in [-0.15, -0.1) is 0 Å². The minimum absolute atomic E-state index is 0.219. The fraction of sp³-hybridized carbons (Fsp3) is 0.0714. The van der Waals surface area contributed by atoms with E-state index in [0.717, 1.165) is 6.26 Å². The van der Waals surface area contributed by atoms with Crippen molar-refractivity contribution in [3.63, 3.8) is 0 Å². The largest absolute Gasteiger partial charge is 0.375 e. The summed E-state index contributed by atoms with van der Waals surface area (Å²) in [5.41, 5.74) is 7.58. The monoisotopic (exact) mass is 322 g/mol. The molecule has 2 aromatic carbocycles. The number of nitrogens with two attached hydrogens (primary N) is 1. The van der Waals surface area contributed by atoms with Gasteiger partial charge in [0.2, 0.25) is 0 Å². The van der Waals surface area contributed by atoms with Crippen LogP contribution < -0.4 is 5.73 Å². The molecule has 0 aliphatic heterocycles. The molecule has 0 amide bonds. The Morgan fingerprint density at radius 3 is 2.48 bits per heavy atom. The van der Waals surface area contributed by atoms with Crippen LogP contribution in [0.2, 0.25) is 0 Å². The SMILES string of the molecule is CS(=O)(=O)c1ccc(-c2cc(F)cc3sc(N)nc23)cc1. The summed E-state index contributed by atoms with van der Waals surface area (Å²) in [7, 11) is -3.26. The number of nitrogen functional groups attached to an aromatic ring is 1. The molecule has 4 nitrogen and oxygen atoms in total. The number of rotatable bonds is 2. The van der Waals surface area contributed by atoms with Crippen molar-refractivity contribution in [1.82, 2.24) is 4.98 Å². The zero-order chi connectivity index (χ0) is 15.2. The average Bonchev–Trinajstić information content (AvgIpc) is 2.77. The van der Waals surface area contributed by atoms with E-state index >= 15 is 0 Å². The molecule has 108 valence electrons. The minimum atomic E-state index is -3.26. The van der Waals surface area contributed by atoms with E-state index in [1.165, 1.54) is 35.6 Å². The molecule has 21 heavy (non-hydrogen) atoms. The zero-order valence-electron chi connectivity index (χ0n) is 11.0. The molecule has 0 aliphatic carbocycles. The highest BCUT2D eigenvalue weighted by molar-refractivity contribution is 7.90. The van der Waals surface area contributed by atoms with Crippen LogP contribution in [0.15, 0.2) is 41.3 Å². The third-order valence-corrected chi connectivity index (χ3v) is 5.03. The molecular formula is C14H11FN2O2S2. The molecule has 7 heteroatoms. The van der Waals surface area contributed by atoms with Crippen LogP contribution in [0.5, 0.6) is 0 Å². The molecule has 0 unspecified atom stereocenters. The molecule has 3 rings (SSSR count). The Bertz CT molecular complexity index is 932. The van der Waals surface area contributed by atoms with Gasteiger partial charge in [0.1, 0.15) is 5.82 Å². The summed E-state index contributed by atoms with van der Waals surface area (Å²) in [6, 6.07) is 9.03. The Kier molecular flexibility index (Phi) is 3.18. The highest BCUT2D eigenvalue weighted by Crippen LogP contribution is 2.34. The van der Waals surface area contributed by atoms with Gasteiger partial charge in [0.25, 0.3) is 0 Å². The molecule has 0 spiro atoms. The lowest BCUT2D eigenvalue weighted by atomic mass is 10.0. The highest BCUT2D eigenvalue weighted by atomic mass is 32.2. The first kappa shape index (κ1) is 14.0. The molecule has 0 aliphatic rings. The summed E-state index contributed by atoms with van der Waals surface area (Å²) in [6.45, 7) is 0. The third-order valence-electron chi connectivity index (χ3n) is 3.07. The lowest BCUT2D eigenvalue weighted by Gasteiger charge is -2.05. The summed E-state index contributed by atoms with van der Waals surface area (Å²) in [6.07, 6.45) is 1.14. The van der Waals surface area contributed by atoms with Crippen LogP contribution in [-0.2, 0) is 9.84 Å². The maximum Gasteiger partial charge on any atom is 0.181 e. The van der Waals surface area contributed by atoms with Gasteiger partial charge in [0.05, 0.1) is 15.1 Å². The molecular weight excluding hydrogens is 311 g/mol. The van der Waals surface area contributed by atoms with Crippen LogP contribution in [-0.4, -0.2) is 19.7 Å². The van der Waals surface area contributed by atoms with Crippen molar-refractivity contribution in [2.24, 2.45) is 0 Å². The maximum atomic E-state index is 13.7. The number of fused-ring (bicyclic) bond motifs is 1. The van der Waals surface area contributed by atoms with Gasteiger partial charge in [-0.25, -0.2) is 17.8 Å². The normalized spacial score (nSPS) is 11.9. The Hall–Kier alpha value is -1.99. The topological polar surface area (TPSA) is 73.0 Å². The standard InChI is InChI=1S/C14H11FN2O2S2/c1-21(18,19)10-4-2-8(3-5-10)11-6-9(15)7-12-13(11)17-14(16)20-12/h2-7H,1H3,(H2,16,17). The Morgan fingerprint density at radius 1 is 1.19 bits per heavy atom. The Labute approximate surface area is 125 Å². The molecule has 2 N–H and O–H groups in total. The lowest BCUT2D eigenvalue weighted by molar-refractivity contribution is 0.602. The fourth-order valence-corrected chi connectivity index (χ4v) is 3.53. The zero-order valence-corrected chi connectivity index (χ0v) is 12.6. The molecule has 0 bridgehead atoms. The van der Waals surface area contributed by atoms with Crippen molar-refractivity contribution in [2.45, 2.75) is 4.90 Å². The second kappa shape index (κ2) is 4.78. The number of sulfone groups is 1. The van der Waals surface area contributed by atoms with E-state index in [-0.39, 0.29) is 10.7 Å². The van der Waals surface area contributed by atoms with Gasteiger partial charge in [-0.1, -0.05) is 23.5 Å². The molecule has 3 aromatic rings. The van der Waals surface area contributed by atoms with Crippen LogP contribution in [0.4, 0.5) is 9.52 Å². The Balaban J connectivity index is 2.20. The van der Waals surface area contributed by atoms with Crippen LogP contribution in [0.1, 0.15) is 0 Å². The van der Waals surface area contributed by atoms with E-state index < -0.39 is 9.84 Å². The minimum Gasteiger partial charge on any atom is -0.375 e. The predicted octanol–water partition coefficient (Wildman–Crippen LogP) is 3.09. The molecule has 1 heterocycles. The number of aromatic nitrogens is 1. The third kappa shape index (κ3) is 2.62. The Morgan fingerprint density at radius 2 is 1.86 bits per heavy atom. The first-order valence-electron chi connectivity index (χ1n) is 6.00. The van der Waals surface area contributed by atoms with Gasteiger partial charge in [0.15, 0.2) is 15.0 Å². The molecule has 0 saturated carbocycles. The van der Waals surface area contributed by atoms with E-state index in [0.29, 0.717) is 26.5 Å². The summed E-state index contributed by atoms with van der Waals surface area (Å²) in [5, 5.41) is 0.365. The molecule has 0 radical (unpaired) electrons. The number of hydrogen-bond donors (Lipinski definition) is 1. The van der Waals surface area contributed by atoms with E-state index in [9.17, 15) is 12.8 Å². The second-order valence-corrected chi connectivity index (χ2v) is 7.73. The number of halogens is 1. The molecule has 0 fully saturated rings. The first-order chi connectivity index (χ1) is 9.84. The number of thiazole rings is 1. The summed E-state index contributed by atoms with van der Waals surface area (Å²) < 4.78 is 37.3. The van der Waals surface area contributed by atoms with Crippen LogP contribution >= 0.6 is 11.3 Å². The van der Waals surface area contributed by atoms with Crippen LogP contribution in [0.25, 0.3) is 21.3 Å². The first-order valence-corrected chi connectivity index (χ1v) is 8.71. The number of nitrogens with zero attached hydrogens (tertiary/aromatic N) is 1. The van der Waals surface area contributed by atoms with Gasteiger partial charge in [0, 0.05) is 11.8 Å². The van der Waals surface area contributed by atoms with E-state index in [1.807, 2.05) is 0 Å². The number of benzene rings is 2. The van der Waals surface area contributed by atoms with Gasteiger partial charge < -0.3 is 5.73 Å².